The molecule has 1 aromatic carbocycles. The molecule has 21 heavy (non-hydrogen) atoms. The van der Waals surface area contributed by atoms with Crippen molar-refractivity contribution in [3.8, 4) is 5.75 Å². The molecule has 1 heterocycles. The van der Waals surface area contributed by atoms with Crippen LogP contribution in [0.15, 0.2) is 18.2 Å². The first-order chi connectivity index (χ1) is 9.93. The predicted octanol–water partition coefficient (Wildman–Crippen LogP) is 2.71. The molecule has 0 saturated heterocycles. The monoisotopic (exact) mass is 291 g/mol. The van der Waals surface area contributed by atoms with E-state index in [-0.39, 0.29) is 30.6 Å². The fraction of sp³-hybridized carbons (Fsp3) is 0.588. The molecule has 1 aliphatic heterocycles. The molecule has 4 nitrogen and oxygen atoms in total. The number of para-hydroxylation sites is 1. The van der Waals surface area contributed by atoms with Crippen LogP contribution < -0.4 is 10.1 Å². The van der Waals surface area contributed by atoms with E-state index in [0.29, 0.717) is 17.2 Å². The molecule has 3 atom stereocenters. The van der Waals surface area contributed by atoms with E-state index in [4.69, 9.17) is 4.74 Å². The van der Waals surface area contributed by atoms with Crippen LogP contribution in [0.1, 0.15) is 56.0 Å². The number of aliphatic hydroxyl groups is 1. The zero-order chi connectivity index (χ0) is 15.6. The fourth-order valence-electron chi connectivity index (χ4n) is 2.78. The van der Waals surface area contributed by atoms with Crippen molar-refractivity contribution in [2.75, 3.05) is 6.61 Å². The molecule has 116 valence electrons. The third-order valence-electron chi connectivity index (χ3n) is 4.10. The first-order valence-electron chi connectivity index (χ1n) is 7.65. The minimum absolute atomic E-state index is 0.0490. The van der Waals surface area contributed by atoms with E-state index >= 15 is 0 Å². The van der Waals surface area contributed by atoms with Gasteiger partial charge < -0.3 is 15.2 Å². The average molecular weight is 291 g/mol. The van der Waals surface area contributed by atoms with Crippen molar-refractivity contribution in [1.29, 1.82) is 0 Å². The molecule has 0 fully saturated rings. The number of hydrogen-bond donors (Lipinski definition) is 2. The summed E-state index contributed by atoms with van der Waals surface area (Å²) in [5, 5.41) is 12.3. The second kappa shape index (κ2) is 6.48. The summed E-state index contributed by atoms with van der Waals surface area (Å²) in [5.74, 6) is 1.22. The maximum absolute atomic E-state index is 12.5. The van der Waals surface area contributed by atoms with Gasteiger partial charge in [0, 0.05) is 11.5 Å². The molecule has 0 aromatic heterocycles. The van der Waals surface area contributed by atoms with Crippen molar-refractivity contribution in [3.63, 3.8) is 0 Å². The van der Waals surface area contributed by atoms with Gasteiger partial charge in [0.05, 0.1) is 18.2 Å². The number of benzene rings is 1. The number of hydrogen-bond acceptors (Lipinski definition) is 3. The van der Waals surface area contributed by atoms with Crippen molar-refractivity contribution in [3.05, 3.63) is 29.3 Å². The summed E-state index contributed by atoms with van der Waals surface area (Å²) in [6.07, 6.45) is 0.837. The summed E-state index contributed by atoms with van der Waals surface area (Å²) in [7, 11) is 0. The zero-order valence-corrected chi connectivity index (χ0v) is 13.2. The van der Waals surface area contributed by atoms with Gasteiger partial charge >= 0.3 is 0 Å². The Labute approximate surface area is 126 Å². The first kappa shape index (κ1) is 15.8. The molecule has 0 spiro atoms. The topological polar surface area (TPSA) is 58.6 Å². The van der Waals surface area contributed by atoms with Gasteiger partial charge in [-0.2, -0.15) is 0 Å². The number of carbonyl (C=O) groups is 1. The summed E-state index contributed by atoms with van der Waals surface area (Å²) in [6, 6.07) is 5.47. The van der Waals surface area contributed by atoms with Crippen LogP contribution in [0.4, 0.5) is 0 Å². The summed E-state index contributed by atoms with van der Waals surface area (Å²) in [5.41, 5.74) is 1.64. The highest BCUT2D eigenvalue weighted by atomic mass is 16.5. The molecule has 0 radical (unpaired) electrons. The van der Waals surface area contributed by atoms with E-state index in [9.17, 15) is 9.90 Å². The second-order valence-electron chi connectivity index (χ2n) is 6.32. The first-order valence-corrected chi connectivity index (χ1v) is 7.65. The number of nitrogens with one attached hydrogen (secondary N) is 1. The van der Waals surface area contributed by atoms with Crippen LogP contribution in [0.5, 0.6) is 5.75 Å². The molecule has 4 heteroatoms. The second-order valence-corrected chi connectivity index (χ2v) is 6.32. The van der Waals surface area contributed by atoms with Gasteiger partial charge in [0.25, 0.3) is 5.91 Å². The van der Waals surface area contributed by atoms with Crippen molar-refractivity contribution >= 4 is 5.91 Å². The van der Waals surface area contributed by atoms with E-state index in [1.165, 1.54) is 0 Å². The molecule has 1 aromatic rings. The number of fused-ring (bicyclic) bond motifs is 1. The average Bonchev–Trinajstić information content (AvgIpc) is 2.73. The van der Waals surface area contributed by atoms with Crippen molar-refractivity contribution in [1.82, 2.24) is 5.32 Å². The summed E-state index contributed by atoms with van der Waals surface area (Å²) in [4.78, 5) is 12.5. The molecule has 0 bridgehead atoms. The summed E-state index contributed by atoms with van der Waals surface area (Å²) >= 11 is 0. The normalized spacial score (nSPS) is 21.8. The van der Waals surface area contributed by atoms with Crippen molar-refractivity contribution in [2.24, 2.45) is 5.92 Å². The number of carbonyl (C=O) groups excluding carboxylic acids is 1. The lowest BCUT2D eigenvalue weighted by Crippen LogP contribution is -2.38. The molecule has 0 saturated carbocycles. The van der Waals surface area contributed by atoms with E-state index in [1.807, 2.05) is 19.1 Å². The lowest BCUT2D eigenvalue weighted by Gasteiger charge is -2.19. The fourth-order valence-corrected chi connectivity index (χ4v) is 2.78. The number of aliphatic hydroxyl groups excluding tert-OH is 1. The van der Waals surface area contributed by atoms with Gasteiger partial charge in [-0.3, -0.25) is 4.79 Å². The Balaban J connectivity index is 2.18. The maximum atomic E-state index is 12.5. The number of ether oxygens (including phenoxy) is 1. The Bertz CT molecular complexity index is 513. The maximum Gasteiger partial charge on any atom is 0.255 e. The van der Waals surface area contributed by atoms with E-state index in [1.54, 1.807) is 6.07 Å². The van der Waals surface area contributed by atoms with Gasteiger partial charge in [0.1, 0.15) is 11.9 Å². The molecule has 0 aliphatic carbocycles. The highest BCUT2D eigenvalue weighted by Crippen LogP contribution is 2.40. The SMILES string of the molecule is CC(C)CC(CO)NC(=O)c1cccc2c1OC(C)C2C. The van der Waals surface area contributed by atoms with Gasteiger partial charge in [-0.05, 0) is 25.3 Å². The quantitative estimate of drug-likeness (QED) is 0.877. The van der Waals surface area contributed by atoms with Crippen LogP contribution in [0.25, 0.3) is 0 Å². The summed E-state index contributed by atoms with van der Waals surface area (Å²) in [6.45, 7) is 8.21. The number of amides is 1. The smallest absolute Gasteiger partial charge is 0.255 e. The Morgan fingerprint density at radius 3 is 2.71 bits per heavy atom. The van der Waals surface area contributed by atoms with Gasteiger partial charge in [-0.25, -0.2) is 0 Å². The van der Waals surface area contributed by atoms with Crippen LogP contribution in [0, 0.1) is 5.92 Å². The van der Waals surface area contributed by atoms with Gasteiger partial charge in [0.15, 0.2) is 0 Å². The Kier molecular flexibility index (Phi) is 4.88. The molecule has 2 rings (SSSR count). The third-order valence-corrected chi connectivity index (χ3v) is 4.10. The number of rotatable bonds is 5. The molecular formula is C17H25NO3. The van der Waals surface area contributed by atoms with Crippen LogP contribution in [-0.4, -0.2) is 29.8 Å². The van der Waals surface area contributed by atoms with Gasteiger partial charge in [-0.1, -0.05) is 32.9 Å². The predicted molar refractivity (Wildman–Crippen MR) is 82.7 cm³/mol. The highest BCUT2D eigenvalue weighted by molar-refractivity contribution is 5.97. The standard InChI is InChI=1S/C17H25NO3/c1-10(2)8-13(9-19)18-17(20)15-7-5-6-14-11(3)12(4)21-16(14)15/h5-7,10-13,19H,8-9H2,1-4H3,(H,18,20). The minimum Gasteiger partial charge on any atom is -0.489 e. The molecular weight excluding hydrogens is 266 g/mol. The van der Waals surface area contributed by atoms with E-state index in [2.05, 4.69) is 26.1 Å². The van der Waals surface area contributed by atoms with Gasteiger partial charge in [-0.15, -0.1) is 0 Å². The molecule has 1 amide bonds. The van der Waals surface area contributed by atoms with Crippen LogP contribution >= 0.6 is 0 Å². The van der Waals surface area contributed by atoms with Crippen LogP contribution in [0.2, 0.25) is 0 Å². The lowest BCUT2D eigenvalue weighted by atomic mass is 9.96. The minimum atomic E-state index is -0.218. The van der Waals surface area contributed by atoms with E-state index < -0.39 is 0 Å². The van der Waals surface area contributed by atoms with Crippen LogP contribution in [0.3, 0.4) is 0 Å². The van der Waals surface area contributed by atoms with Crippen molar-refractivity contribution in [2.45, 2.75) is 52.2 Å². The molecule has 2 N–H and O–H groups in total. The van der Waals surface area contributed by atoms with Crippen molar-refractivity contribution < 1.29 is 14.6 Å². The van der Waals surface area contributed by atoms with Crippen LogP contribution in [-0.2, 0) is 0 Å². The summed E-state index contributed by atoms with van der Waals surface area (Å²) < 4.78 is 5.84. The Morgan fingerprint density at radius 1 is 1.38 bits per heavy atom. The Hall–Kier alpha value is -1.55. The molecule has 1 aliphatic rings. The third kappa shape index (κ3) is 3.38. The highest BCUT2D eigenvalue weighted by Gasteiger charge is 2.31. The zero-order valence-electron chi connectivity index (χ0n) is 13.2. The lowest BCUT2D eigenvalue weighted by molar-refractivity contribution is 0.0903. The molecule has 3 unspecified atom stereocenters. The Morgan fingerprint density at radius 2 is 2.10 bits per heavy atom. The van der Waals surface area contributed by atoms with E-state index in [0.717, 1.165) is 12.0 Å². The van der Waals surface area contributed by atoms with Gasteiger partial charge in [0.2, 0.25) is 0 Å². The largest absolute Gasteiger partial charge is 0.489 e.